The quantitative estimate of drug-likeness (QED) is 0.467. The number of rotatable bonds is 5. The van der Waals surface area contributed by atoms with Gasteiger partial charge in [-0.1, -0.05) is 29.3 Å². The zero-order valence-electron chi connectivity index (χ0n) is 13.1. The summed E-state index contributed by atoms with van der Waals surface area (Å²) in [5.41, 5.74) is 2.21. The third kappa shape index (κ3) is 4.11. The largest absolute Gasteiger partial charge is 0.488 e. The first-order valence-electron chi connectivity index (χ1n) is 7.31. The number of ether oxygens (including phenoxy) is 2. The molecule has 0 radical (unpaired) electrons. The van der Waals surface area contributed by atoms with Crippen LogP contribution >= 0.6 is 39.1 Å². The molecule has 3 aromatic rings. The lowest BCUT2D eigenvalue weighted by Crippen LogP contribution is -2.03. The monoisotopic (exact) mass is 442 g/mol. The molecule has 0 fully saturated rings. The van der Waals surface area contributed by atoms with E-state index in [1.807, 2.05) is 12.1 Å². The van der Waals surface area contributed by atoms with Crippen molar-refractivity contribution < 1.29 is 18.7 Å². The van der Waals surface area contributed by atoms with Gasteiger partial charge in [-0.25, -0.2) is 0 Å². The van der Waals surface area contributed by atoms with Crippen molar-refractivity contribution >= 4 is 56.1 Å². The smallest absolute Gasteiger partial charge is 0.310 e. The number of carbonyl (C=O) groups is 1. The molecule has 0 aliphatic carbocycles. The van der Waals surface area contributed by atoms with E-state index >= 15 is 0 Å². The molecule has 0 amide bonds. The Kier molecular flexibility index (Phi) is 5.57. The Balaban J connectivity index is 1.83. The Hall–Kier alpha value is -1.69. The van der Waals surface area contributed by atoms with E-state index in [0.29, 0.717) is 21.4 Å². The van der Waals surface area contributed by atoms with Gasteiger partial charge in [-0.05, 0) is 34.1 Å². The highest BCUT2D eigenvalue weighted by Gasteiger charge is 2.14. The highest BCUT2D eigenvalue weighted by molar-refractivity contribution is 9.10. The van der Waals surface area contributed by atoms with Crippen LogP contribution in [0.1, 0.15) is 11.1 Å². The number of halogens is 3. The predicted molar refractivity (Wildman–Crippen MR) is 100 cm³/mol. The van der Waals surface area contributed by atoms with Crippen molar-refractivity contribution in [3.63, 3.8) is 0 Å². The molecule has 0 N–H and O–H groups in total. The van der Waals surface area contributed by atoms with Crippen molar-refractivity contribution in [1.82, 2.24) is 0 Å². The third-order valence-electron chi connectivity index (χ3n) is 3.67. The van der Waals surface area contributed by atoms with Crippen molar-refractivity contribution in [2.24, 2.45) is 0 Å². The van der Waals surface area contributed by atoms with Crippen LogP contribution < -0.4 is 4.74 Å². The first-order chi connectivity index (χ1) is 12.0. The van der Waals surface area contributed by atoms with E-state index in [-0.39, 0.29) is 19.0 Å². The SMILES string of the molecule is COC(=O)Cc1coc2cc(OCc3ccc(Cl)cc3Cl)c(Br)cc12. The van der Waals surface area contributed by atoms with Gasteiger partial charge in [-0.3, -0.25) is 4.79 Å². The van der Waals surface area contributed by atoms with Crippen molar-refractivity contribution in [3.05, 3.63) is 62.2 Å². The molecule has 0 saturated heterocycles. The molecule has 0 atom stereocenters. The Morgan fingerprint density at radius 2 is 2.00 bits per heavy atom. The summed E-state index contributed by atoms with van der Waals surface area (Å²) in [6.45, 7) is 0.288. The van der Waals surface area contributed by atoms with Gasteiger partial charge in [0.05, 0.1) is 24.3 Å². The minimum Gasteiger partial charge on any atom is -0.488 e. The summed E-state index contributed by atoms with van der Waals surface area (Å²) in [6, 6.07) is 8.88. The molecule has 25 heavy (non-hydrogen) atoms. The van der Waals surface area contributed by atoms with Crippen molar-refractivity contribution in [2.45, 2.75) is 13.0 Å². The topological polar surface area (TPSA) is 48.7 Å². The fraction of sp³-hybridized carbons (Fsp3) is 0.167. The zero-order valence-corrected chi connectivity index (χ0v) is 16.2. The van der Waals surface area contributed by atoms with Crippen LogP contribution in [0.15, 0.2) is 45.5 Å². The van der Waals surface area contributed by atoms with Gasteiger partial charge in [-0.15, -0.1) is 0 Å². The fourth-order valence-corrected chi connectivity index (χ4v) is 3.27. The Morgan fingerprint density at radius 3 is 2.72 bits per heavy atom. The zero-order chi connectivity index (χ0) is 18.0. The second-order valence-corrected chi connectivity index (χ2v) is 7.02. The summed E-state index contributed by atoms with van der Waals surface area (Å²) in [4.78, 5) is 11.5. The van der Waals surface area contributed by atoms with Crippen LogP contribution in [0.4, 0.5) is 0 Å². The molecule has 0 bridgehead atoms. The van der Waals surface area contributed by atoms with Gasteiger partial charge in [-0.2, -0.15) is 0 Å². The average Bonchev–Trinajstić information content (AvgIpc) is 2.95. The third-order valence-corrected chi connectivity index (χ3v) is 4.88. The molecular formula is C18H13BrCl2O4. The Bertz CT molecular complexity index is 936. The molecule has 0 aliphatic heterocycles. The van der Waals surface area contributed by atoms with Crippen LogP contribution in [-0.4, -0.2) is 13.1 Å². The van der Waals surface area contributed by atoms with Crippen LogP contribution in [0.25, 0.3) is 11.0 Å². The highest BCUT2D eigenvalue weighted by atomic mass is 79.9. The molecule has 0 spiro atoms. The predicted octanol–water partition coefficient (Wildman–Crippen LogP) is 5.80. The standard InChI is InChI=1S/C18H13BrCl2O4/c1-23-18(22)4-11-9-24-16-7-17(14(19)6-13(11)16)25-8-10-2-3-12(20)5-15(10)21/h2-3,5-7,9H,4,8H2,1H3. The fourth-order valence-electron chi connectivity index (χ4n) is 2.35. The van der Waals surface area contributed by atoms with E-state index < -0.39 is 0 Å². The maximum Gasteiger partial charge on any atom is 0.310 e. The van der Waals surface area contributed by atoms with Crippen molar-refractivity contribution in [1.29, 1.82) is 0 Å². The Morgan fingerprint density at radius 1 is 1.20 bits per heavy atom. The number of hydrogen-bond donors (Lipinski definition) is 0. The summed E-state index contributed by atoms with van der Waals surface area (Å²) in [7, 11) is 1.36. The van der Waals surface area contributed by atoms with Crippen molar-refractivity contribution in [3.8, 4) is 5.75 Å². The molecule has 7 heteroatoms. The molecule has 2 aromatic carbocycles. The van der Waals surface area contributed by atoms with Gasteiger partial charge in [0.2, 0.25) is 0 Å². The number of esters is 1. The number of fused-ring (bicyclic) bond motifs is 1. The number of methoxy groups -OCH3 is 1. The molecule has 130 valence electrons. The summed E-state index contributed by atoms with van der Waals surface area (Å²) in [5.74, 6) is 0.286. The lowest BCUT2D eigenvalue weighted by molar-refractivity contribution is -0.139. The highest BCUT2D eigenvalue weighted by Crippen LogP contribution is 2.34. The van der Waals surface area contributed by atoms with E-state index in [1.165, 1.54) is 7.11 Å². The molecule has 0 aliphatic rings. The normalized spacial score (nSPS) is 10.9. The first-order valence-corrected chi connectivity index (χ1v) is 8.86. The van der Waals surface area contributed by atoms with E-state index in [0.717, 1.165) is 21.0 Å². The van der Waals surface area contributed by atoms with E-state index in [2.05, 4.69) is 15.9 Å². The summed E-state index contributed by atoms with van der Waals surface area (Å²) < 4.78 is 16.8. The van der Waals surface area contributed by atoms with Crippen LogP contribution in [0.2, 0.25) is 10.0 Å². The molecule has 4 nitrogen and oxygen atoms in total. The van der Waals surface area contributed by atoms with E-state index in [9.17, 15) is 4.79 Å². The van der Waals surface area contributed by atoms with Crippen LogP contribution in [0.5, 0.6) is 5.75 Å². The molecule has 1 heterocycles. The Labute approximate surface area is 162 Å². The second-order valence-electron chi connectivity index (χ2n) is 5.32. The van der Waals surface area contributed by atoms with Crippen LogP contribution in [0.3, 0.4) is 0 Å². The van der Waals surface area contributed by atoms with Gasteiger partial charge >= 0.3 is 5.97 Å². The minimum absolute atomic E-state index is 0.149. The van der Waals surface area contributed by atoms with Gasteiger partial charge in [0.15, 0.2) is 0 Å². The van der Waals surface area contributed by atoms with Gasteiger partial charge < -0.3 is 13.9 Å². The van der Waals surface area contributed by atoms with Crippen molar-refractivity contribution in [2.75, 3.05) is 7.11 Å². The maximum atomic E-state index is 11.5. The summed E-state index contributed by atoms with van der Waals surface area (Å²) >= 11 is 15.5. The number of carbonyl (C=O) groups excluding carboxylic acids is 1. The molecular weight excluding hydrogens is 431 g/mol. The second kappa shape index (κ2) is 7.68. The minimum atomic E-state index is -0.323. The lowest BCUT2D eigenvalue weighted by Gasteiger charge is -2.10. The van der Waals surface area contributed by atoms with E-state index in [4.69, 9.17) is 37.1 Å². The number of furan rings is 1. The molecule has 1 aromatic heterocycles. The molecule has 3 rings (SSSR count). The number of hydrogen-bond acceptors (Lipinski definition) is 4. The first kappa shape index (κ1) is 18.1. The van der Waals surface area contributed by atoms with E-state index in [1.54, 1.807) is 24.5 Å². The van der Waals surface area contributed by atoms with Gasteiger partial charge in [0.1, 0.15) is 17.9 Å². The molecule has 0 unspecified atom stereocenters. The summed E-state index contributed by atoms with van der Waals surface area (Å²) in [5, 5.41) is 1.95. The lowest BCUT2D eigenvalue weighted by atomic mass is 10.1. The van der Waals surface area contributed by atoms with Crippen LogP contribution in [-0.2, 0) is 22.6 Å². The van der Waals surface area contributed by atoms with Gasteiger partial charge in [0.25, 0.3) is 0 Å². The number of benzene rings is 2. The summed E-state index contributed by atoms with van der Waals surface area (Å²) in [6.07, 6.45) is 1.70. The molecule has 0 saturated carbocycles. The van der Waals surface area contributed by atoms with Crippen LogP contribution in [0, 0.1) is 0 Å². The maximum absolute atomic E-state index is 11.5. The van der Waals surface area contributed by atoms with Gasteiger partial charge in [0, 0.05) is 32.6 Å². The average molecular weight is 444 g/mol.